The van der Waals surface area contributed by atoms with Gasteiger partial charge in [0.15, 0.2) is 5.82 Å². The minimum absolute atomic E-state index is 0.213. The first-order valence-electron chi connectivity index (χ1n) is 6.58. The lowest BCUT2D eigenvalue weighted by Gasteiger charge is -2.21. The van der Waals surface area contributed by atoms with Crippen LogP contribution >= 0.6 is 0 Å². The minimum atomic E-state index is -0.411. The van der Waals surface area contributed by atoms with Crippen molar-refractivity contribution in [2.45, 2.75) is 25.8 Å². The molecule has 6 heteroatoms. The molecular formula is C14H16N4O2. The van der Waals surface area contributed by atoms with E-state index in [0.29, 0.717) is 18.7 Å². The van der Waals surface area contributed by atoms with Crippen LogP contribution in [0, 0.1) is 6.92 Å². The number of aromatic nitrogens is 2. The number of benzene rings is 1. The molecule has 1 aliphatic rings. The van der Waals surface area contributed by atoms with Crippen LogP contribution in [0.1, 0.15) is 18.4 Å². The second-order valence-electron chi connectivity index (χ2n) is 5.14. The van der Waals surface area contributed by atoms with Gasteiger partial charge in [0.1, 0.15) is 6.04 Å². The van der Waals surface area contributed by atoms with E-state index >= 15 is 0 Å². The van der Waals surface area contributed by atoms with Crippen LogP contribution in [0.5, 0.6) is 0 Å². The number of hydrogen-bond acceptors (Lipinski definition) is 4. The van der Waals surface area contributed by atoms with E-state index in [0.717, 1.165) is 16.5 Å². The van der Waals surface area contributed by atoms with Gasteiger partial charge in [-0.25, -0.2) is 0 Å². The molecule has 2 heterocycles. The Labute approximate surface area is 116 Å². The highest BCUT2D eigenvalue weighted by Gasteiger charge is 2.27. The Kier molecular flexibility index (Phi) is 2.93. The number of fused-ring (bicyclic) bond motifs is 1. The van der Waals surface area contributed by atoms with Crippen LogP contribution in [0.4, 0.5) is 5.82 Å². The molecule has 0 spiro atoms. The van der Waals surface area contributed by atoms with Gasteiger partial charge in [-0.1, -0.05) is 11.6 Å². The SMILES string of the molecule is Cc1ccc2c(c1)c(NC1CCC(=O)NC1=O)nn2C. The number of nitrogens with one attached hydrogen (secondary N) is 2. The maximum absolute atomic E-state index is 11.8. The molecule has 0 saturated carbocycles. The Bertz CT molecular complexity index is 705. The first-order valence-corrected chi connectivity index (χ1v) is 6.58. The van der Waals surface area contributed by atoms with E-state index in [1.807, 2.05) is 32.2 Å². The van der Waals surface area contributed by atoms with Crippen LogP contribution in [0.3, 0.4) is 0 Å². The number of rotatable bonds is 2. The highest BCUT2D eigenvalue weighted by Crippen LogP contribution is 2.25. The summed E-state index contributed by atoms with van der Waals surface area (Å²) in [7, 11) is 1.87. The number of hydrogen-bond donors (Lipinski definition) is 2. The van der Waals surface area contributed by atoms with Crippen LogP contribution in [0.15, 0.2) is 18.2 Å². The van der Waals surface area contributed by atoms with E-state index in [1.165, 1.54) is 0 Å². The third kappa shape index (κ3) is 2.13. The van der Waals surface area contributed by atoms with Crippen molar-refractivity contribution in [1.29, 1.82) is 0 Å². The van der Waals surface area contributed by atoms with Crippen LogP contribution in [-0.2, 0) is 16.6 Å². The van der Waals surface area contributed by atoms with Gasteiger partial charge in [-0.3, -0.25) is 19.6 Å². The number of anilines is 1. The highest BCUT2D eigenvalue weighted by atomic mass is 16.2. The van der Waals surface area contributed by atoms with E-state index in [2.05, 4.69) is 15.7 Å². The van der Waals surface area contributed by atoms with Gasteiger partial charge >= 0.3 is 0 Å². The molecule has 6 nitrogen and oxygen atoms in total. The maximum Gasteiger partial charge on any atom is 0.249 e. The maximum atomic E-state index is 11.8. The molecule has 1 saturated heterocycles. The van der Waals surface area contributed by atoms with Crippen LogP contribution in [0.25, 0.3) is 10.9 Å². The first kappa shape index (κ1) is 12.7. The Morgan fingerprint density at radius 1 is 1.40 bits per heavy atom. The molecule has 20 heavy (non-hydrogen) atoms. The van der Waals surface area contributed by atoms with Crippen molar-refractivity contribution < 1.29 is 9.59 Å². The number of piperidine rings is 1. The minimum Gasteiger partial charge on any atom is -0.356 e. The van der Waals surface area contributed by atoms with Gasteiger partial charge in [-0.2, -0.15) is 5.10 Å². The standard InChI is InChI=1S/C14H16N4O2/c1-8-3-5-11-9(7-8)13(17-18(11)2)15-10-4-6-12(19)16-14(10)20/h3,5,7,10H,4,6H2,1-2H3,(H,15,17)(H,16,19,20). The molecule has 0 radical (unpaired) electrons. The molecular weight excluding hydrogens is 256 g/mol. The topological polar surface area (TPSA) is 76.0 Å². The normalized spacial score (nSPS) is 19.2. The van der Waals surface area contributed by atoms with Gasteiger partial charge < -0.3 is 5.32 Å². The fraction of sp³-hybridized carbons (Fsp3) is 0.357. The fourth-order valence-electron chi connectivity index (χ4n) is 2.48. The van der Waals surface area contributed by atoms with Crippen LogP contribution < -0.4 is 10.6 Å². The van der Waals surface area contributed by atoms with Crippen molar-refractivity contribution in [1.82, 2.24) is 15.1 Å². The summed E-state index contributed by atoms with van der Waals surface area (Å²) in [6.45, 7) is 2.02. The third-order valence-electron chi connectivity index (χ3n) is 3.56. The molecule has 3 rings (SSSR count). The number of imide groups is 1. The lowest BCUT2D eigenvalue weighted by Crippen LogP contribution is -2.47. The van der Waals surface area contributed by atoms with Crippen molar-refractivity contribution in [3.8, 4) is 0 Å². The van der Waals surface area contributed by atoms with Crippen LogP contribution in [0.2, 0.25) is 0 Å². The first-order chi connectivity index (χ1) is 9.54. The molecule has 2 amide bonds. The highest BCUT2D eigenvalue weighted by molar-refractivity contribution is 6.02. The molecule has 2 aromatic rings. The fourth-order valence-corrected chi connectivity index (χ4v) is 2.48. The van der Waals surface area contributed by atoms with Crippen LogP contribution in [-0.4, -0.2) is 27.6 Å². The van der Waals surface area contributed by atoms with Gasteiger partial charge in [0.2, 0.25) is 11.8 Å². The van der Waals surface area contributed by atoms with Gasteiger partial charge in [-0.05, 0) is 25.5 Å². The molecule has 1 aromatic carbocycles. The molecule has 104 valence electrons. The van der Waals surface area contributed by atoms with Crippen molar-refractivity contribution in [3.05, 3.63) is 23.8 Å². The third-order valence-corrected chi connectivity index (χ3v) is 3.56. The lowest BCUT2D eigenvalue weighted by atomic mass is 10.1. The van der Waals surface area contributed by atoms with Gasteiger partial charge in [0.25, 0.3) is 0 Å². The zero-order valence-electron chi connectivity index (χ0n) is 11.4. The molecule has 0 bridgehead atoms. The summed E-state index contributed by atoms with van der Waals surface area (Å²) in [6.07, 6.45) is 0.849. The van der Waals surface area contributed by atoms with E-state index in [4.69, 9.17) is 0 Å². The Morgan fingerprint density at radius 2 is 2.20 bits per heavy atom. The molecule has 1 unspecified atom stereocenters. The monoisotopic (exact) mass is 272 g/mol. The molecule has 2 N–H and O–H groups in total. The van der Waals surface area contributed by atoms with E-state index in [9.17, 15) is 9.59 Å². The number of aryl methyl sites for hydroxylation is 2. The molecule has 1 fully saturated rings. The summed E-state index contributed by atoms with van der Waals surface area (Å²) in [5.41, 5.74) is 2.14. The summed E-state index contributed by atoms with van der Waals surface area (Å²) in [6, 6.07) is 5.66. The van der Waals surface area contributed by atoms with E-state index in [-0.39, 0.29) is 11.8 Å². The largest absolute Gasteiger partial charge is 0.356 e. The average molecular weight is 272 g/mol. The van der Waals surface area contributed by atoms with Crippen molar-refractivity contribution in [3.63, 3.8) is 0 Å². The van der Waals surface area contributed by atoms with Crippen molar-refractivity contribution in [2.75, 3.05) is 5.32 Å². The number of nitrogens with zero attached hydrogens (tertiary/aromatic N) is 2. The number of amides is 2. The summed E-state index contributed by atoms with van der Waals surface area (Å²) >= 11 is 0. The smallest absolute Gasteiger partial charge is 0.249 e. The Hall–Kier alpha value is -2.37. The summed E-state index contributed by atoms with van der Waals surface area (Å²) in [5, 5.41) is 10.9. The lowest BCUT2D eigenvalue weighted by molar-refractivity contribution is -0.133. The molecule has 1 aliphatic heterocycles. The second-order valence-corrected chi connectivity index (χ2v) is 5.14. The predicted octanol–water partition coefficient (Wildman–Crippen LogP) is 1.10. The molecule has 0 aliphatic carbocycles. The Balaban J connectivity index is 1.93. The molecule has 1 aromatic heterocycles. The average Bonchev–Trinajstić information content (AvgIpc) is 2.69. The van der Waals surface area contributed by atoms with E-state index < -0.39 is 6.04 Å². The summed E-state index contributed by atoms with van der Waals surface area (Å²) in [4.78, 5) is 22.9. The number of carbonyl (C=O) groups is 2. The number of carbonyl (C=O) groups excluding carboxylic acids is 2. The zero-order chi connectivity index (χ0) is 14.3. The second kappa shape index (κ2) is 4.63. The van der Waals surface area contributed by atoms with E-state index in [1.54, 1.807) is 4.68 Å². The van der Waals surface area contributed by atoms with Gasteiger partial charge in [0, 0.05) is 18.9 Å². The summed E-state index contributed by atoms with van der Waals surface area (Å²) in [5.74, 6) is 0.183. The molecule has 1 atom stereocenters. The van der Waals surface area contributed by atoms with Gasteiger partial charge in [-0.15, -0.1) is 0 Å². The summed E-state index contributed by atoms with van der Waals surface area (Å²) < 4.78 is 1.78. The van der Waals surface area contributed by atoms with Crippen molar-refractivity contribution >= 4 is 28.5 Å². The predicted molar refractivity (Wildman–Crippen MR) is 75.2 cm³/mol. The van der Waals surface area contributed by atoms with Gasteiger partial charge in [0.05, 0.1) is 5.52 Å². The quantitative estimate of drug-likeness (QED) is 0.803. The zero-order valence-corrected chi connectivity index (χ0v) is 11.4. The Morgan fingerprint density at radius 3 is 2.95 bits per heavy atom. The van der Waals surface area contributed by atoms with Crippen molar-refractivity contribution in [2.24, 2.45) is 7.05 Å².